The molecule has 146 valence electrons. The molecule has 0 N–H and O–H groups in total. The number of likely N-dealkylation sites (tertiary alicyclic amines) is 1. The first-order chi connectivity index (χ1) is 13.6. The molecule has 0 unspecified atom stereocenters. The van der Waals surface area contributed by atoms with Gasteiger partial charge in [0.25, 0.3) is 0 Å². The Morgan fingerprint density at radius 1 is 1.07 bits per heavy atom. The number of hydrogen-bond donors (Lipinski definition) is 0. The largest absolute Gasteiger partial charge is 0.485 e. The quantitative estimate of drug-likeness (QED) is 0.668. The zero-order valence-electron chi connectivity index (χ0n) is 16.6. The number of carbonyl (C=O) groups excluding carboxylic acids is 1. The summed E-state index contributed by atoms with van der Waals surface area (Å²) >= 11 is 0. The number of piperidine rings is 1. The SMILES string of the molecule is Cc1ccc(C)c(OCc2nc3ccccc3n2CC(=O)N2CCCCC2)c1. The highest BCUT2D eigenvalue weighted by atomic mass is 16.5. The van der Waals surface area contributed by atoms with Gasteiger partial charge < -0.3 is 14.2 Å². The Balaban J connectivity index is 1.59. The van der Waals surface area contributed by atoms with E-state index in [1.165, 1.54) is 6.42 Å². The lowest BCUT2D eigenvalue weighted by Crippen LogP contribution is -2.38. The van der Waals surface area contributed by atoms with Gasteiger partial charge in [0.2, 0.25) is 5.91 Å². The summed E-state index contributed by atoms with van der Waals surface area (Å²) in [6.07, 6.45) is 3.41. The topological polar surface area (TPSA) is 47.4 Å². The second kappa shape index (κ2) is 8.05. The van der Waals surface area contributed by atoms with Gasteiger partial charge in [-0.3, -0.25) is 4.79 Å². The van der Waals surface area contributed by atoms with Gasteiger partial charge >= 0.3 is 0 Å². The normalized spacial score (nSPS) is 14.4. The van der Waals surface area contributed by atoms with Crippen LogP contribution in [0, 0.1) is 13.8 Å². The molecule has 1 saturated heterocycles. The third kappa shape index (κ3) is 3.88. The van der Waals surface area contributed by atoms with Crippen LogP contribution in [0.15, 0.2) is 42.5 Å². The maximum absolute atomic E-state index is 12.9. The van der Waals surface area contributed by atoms with Crippen LogP contribution in [0.5, 0.6) is 5.75 Å². The van der Waals surface area contributed by atoms with Crippen LogP contribution in [0.4, 0.5) is 0 Å². The molecule has 1 aliphatic heterocycles. The minimum absolute atomic E-state index is 0.163. The number of amides is 1. The van der Waals surface area contributed by atoms with Gasteiger partial charge in [0, 0.05) is 13.1 Å². The Hall–Kier alpha value is -2.82. The molecule has 0 atom stereocenters. The van der Waals surface area contributed by atoms with E-state index >= 15 is 0 Å². The van der Waals surface area contributed by atoms with E-state index in [9.17, 15) is 4.79 Å². The predicted octanol–water partition coefficient (Wildman–Crippen LogP) is 4.24. The lowest BCUT2D eigenvalue weighted by molar-refractivity contribution is -0.132. The van der Waals surface area contributed by atoms with Crippen molar-refractivity contribution in [2.24, 2.45) is 0 Å². The fourth-order valence-corrected chi connectivity index (χ4v) is 3.80. The van der Waals surface area contributed by atoms with Gasteiger partial charge in [-0.25, -0.2) is 4.98 Å². The van der Waals surface area contributed by atoms with Gasteiger partial charge in [0.05, 0.1) is 11.0 Å². The molecule has 0 aliphatic carbocycles. The summed E-state index contributed by atoms with van der Waals surface area (Å²) < 4.78 is 8.10. The van der Waals surface area contributed by atoms with Crippen molar-refractivity contribution in [3.63, 3.8) is 0 Å². The summed E-state index contributed by atoms with van der Waals surface area (Å²) in [4.78, 5) is 19.6. The van der Waals surface area contributed by atoms with Crippen molar-refractivity contribution in [2.75, 3.05) is 13.1 Å². The molecule has 2 heterocycles. The number of rotatable bonds is 5. The summed E-state index contributed by atoms with van der Waals surface area (Å²) in [6.45, 7) is 6.47. The Kier molecular flexibility index (Phi) is 5.33. The molecule has 5 heteroatoms. The van der Waals surface area contributed by atoms with E-state index in [2.05, 4.69) is 19.1 Å². The number of aromatic nitrogens is 2. The van der Waals surface area contributed by atoms with Gasteiger partial charge in [-0.05, 0) is 62.4 Å². The van der Waals surface area contributed by atoms with E-state index < -0.39 is 0 Å². The van der Waals surface area contributed by atoms with Crippen LogP contribution in [-0.2, 0) is 17.9 Å². The van der Waals surface area contributed by atoms with Crippen molar-refractivity contribution in [3.8, 4) is 5.75 Å². The van der Waals surface area contributed by atoms with Gasteiger partial charge in [-0.2, -0.15) is 0 Å². The van der Waals surface area contributed by atoms with E-state index in [1.807, 2.05) is 46.7 Å². The Morgan fingerprint density at radius 3 is 2.68 bits per heavy atom. The smallest absolute Gasteiger partial charge is 0.242 e. The molecular weight excluding hydrogens is 350 g/mol. The maximum Gasteiger partial charge on any atom is 0.242 e. The minimum atomic E-state index is 0.163. The molecule has 28 heavy (non-hydrogen) atoms. The molecule has 0 radical (unpaired) electrons. The number of benzene rings is 2. The second-order valence-electron chi connectivity index (χ2n) is 7.60. The van der Waals surface area contributed by atoms with Gasteiger partial charge in [-0.1, -0.05) is 24.3 Å². The van der Waals surface area contributed by atoms with Gasteiger partial charge in [0.1, 0.15) is 24.7 Å². The molecule has 3 aromatic rings. The number of fused-ring (bicyclic) bond motifs is 1. The van der Waals surface area contributed by atoms with Crippen LogP contribution < -0.4 is 4.74 Å². The Labute approximate surface area is 165 Å². The van der Waals surface area contributed by atoms with Crippen molar-refractivity contribution >= 4 is 16.9 Å². The van der Waals surface area contributed by atoms with E-state index in [0.29, 0.717) is 13.2 Å². The molecule has 5 nitrogen and oxygen atoms in total. The Bertz CT molecular complexity index is 987. The van der Waals surface area contributed by atoms with Crippen molar-refractivity contribution in [1.82, 2.24) is 14.5 Å². The van der Waals surface area contributed by atoms with Crippen LogP contribution in [-0.4, -0.2) is 33.4 Å². The summed E-state index contributed by atoms with van der Waals surface area (Å²) in [6, 6.07) is 14.2. The highest BCUT2D eigenvalue weighted by molar-refractivity contribution is 5.81. The number of ether oxygens (including phenoxy) is 1. The van der Waals surface area contributed by atoms with Gasteiger partial charge in [-0.15, -0.1) is 0 Å². The molecule has 2 aromatic carbocycles. The van der Waals surface area contributed by atoms with E-state index in [4.69, 9.17) is 9.72 Å². The second-order valence-corrected chi connectivity index (χ2v) is 7.60. The van der Waals surface area contributed by atoms with E-state index in [0.717, 1.165) is 59.7 Å². The lowest BCUT2D eigenvalue weighted by Gasteiger charge is -2.27. The molecule has 1 aliphatic rings. The van der Waals surface area contributed by atoms with Crippen molar-refractivity contribution < 1.29 is 9.53 Å². The summed E-state index contributed by atoms with van der Waals surface area (Å²) in [5.41, 5.74) is 4.13. The Morgan fingerprint density at radius 2 is 1.86 bits per heavy atom. The van der Waals surface area contributed by atoms with Gasteiger partial charge in [0.15, 0.2) is 0 Å². The monoisotopic (exact) mass is 377 g/mol. The van der Waals surface area contributed by atoms with Crippen LogP contribution >= 0.6 is 0 Å². The molecule has 1 aromatic heterocycles. The third-order valence-electron chi connectivity index (χ3n) is 5.44. The first kappa shape index (κ1) is 18.5. The summed E-state index contributed by atoms with van der Waals surface area (Å²) in [7, 11) is 0. The average molecular weight is 377 g/mol. The zero-order valence-corrected chi connectivity index (χ0v) is 16.6. The average Bonchev–Trinajstić information content (AvgIpc) is 3.07. The minimum Gasteiger partial charge on any atom is -0.485 e. The van der Waals surface area contributed by atoms with Crippen LogP contribution in [0.2, 0.25) is 0 Å². The molecule has 0 saturated carbocycles. The van der Waals surface area contributed by atoms with Crippen molar-refractivity contribution in [1.29, 1.82) is 0 Å². The highest BCUT2D eigenvalue weighted by Crippen LogP contribution is 2.22. The fourth-order valence-electron chi connectivity index (χ4n) is 3.80. The van der Waals surface area contributed by atoms with Crippen LogP contribution in [0.3, 0.4) is 0 Å². The molecule has 0 bridgehead atoms. The zero-order chi connectivity index (χ0) is 19.5. The van der Waals surface area contributed by atoms with Crippen LogP contribution in [0.1, 0.15) is 36.2 Å². The molecule has 1 fully saturated rings. The number of aryl methyl sites for hydroxylation is 2. The number of nitrogens with zero attached hydrogens (tertiary/aromatic N) is 3. The number of imidazole rings is 1. The van der Waals surface area contributed by atoms with Crippen molar-refractivity contribution in [2.45, 2.75) is 46.3 Å². The molecule has 4 rings (SSSR count). The fraction of sp³-hybridized carbons (Fsp3) is 0.391. The first-order valence-electron chi connectivity index (χ1n) is 10.0. The van der Waals surface area contributed by atoms with Crippen molar-refractivity contribution in [3.05, 3.63) is 59.4 Å². The summed E-state index contributed by atoms with van der Waals surface area (Å²) in [5, 5.41) is 0. The van der Waals surface area contributed by atoms with Crippen LogP contribution in [0.25, 0.3) is 11.0 Å². The molecule has 1 amide bonds. The predicted molar refractivity (Wildman–Crippen MR) is 110 cm³/mol. The molecule has 0 spiro atoms. The number of carbonyl (C=O) groups is 1. The summed E-state index contributed by atoms with van der Waals surface area (Å²) in [5.74, 6) is 1.81. The first-order valence-corrected chi connectivity index (χ1v) is 10.0. The van der Waals surface area contributed by atoms with E-state index in [-0.39, 0.29) is 5.91 Å². The number of hydrogen-bond acceptors (Lipinski definition) is 3. The number of para-hydroxylation sites is 2. The maximum atomic E-state index is 12.9. The highest BCUT2D eigenvalue weighted by Gasteiger charge is 2.20. The molecular formula is C23H27N3O2. The van der Waals surface area contributed by atoms with E-state index in [1.54, 1.807) is 0 Å². The lowest BCUT2D eigenvalue weighted by atomic mass is 10.1. The third-order valence-corrected chi connectivity index (χ3v) is 5.44. The standard InChI is InChI=1S/C23H27N3O2/c1-17-10-11-18(2)21(14-17)28-16-22-24-19-8-4-5-9-20(19)26(22)15-23(27)25-12-6-3-7-13-25/h4-5,8-11,14H,3,6-7,12-13,15-16H2,1-2H3.